The molecule has 24 heavy (non-hydrogen) atoms. The lowest BCUT2D eigenvalue weighted by atomic mass is 9.93. The monoisotopic (exact) mass is 334 g/mol. The molecule has 1 aromatic carbocycles. The van der Waals surface area contributed by atoms with E-state index in [9.17, 15) is 14.4 Å². The first-order valence-corrected chi connectivity index (χ1v) is 7.93. The minimum absolute atomic E-state index is 0.00922. The van der Waals surface area contributed by atoms with E-state index < -0.39 is 17.4 Å². The molecule has 1 atom stereocenters. The van der Waals surface area contributed by atoms with E-state index in [-0.39, 0.29) is 24.3 Å². The second-order valence-corrected chi connectivity index (χ2v) is 6.97. The van der Waals surface area contributed by atoms with Crippen molar-refractivity contribution in [2.75, 3.05) is 6.54 Å². The maximum absolute atomic E-state index is 12.4. The molecule has 0 fully saturated rings. The molecule has 0 aliphatic carbocycles. The average molecular weight is 334 g/mol. The number of carboxylic acids is 1. The van der Waals surface area contributed by atoms with Crippen LogP contribution >= 0.6 is 0 Å². The molecule has 0 saturated carbocycles. The van der Waals surface area contributed by atoms with Gasteiger partial charge in [0.15, 0.2) is 0 Å². The third-order valence-electron chi connectivity index (χ3n) is 3.80. The van der Waals surface area contributed by atoms with E-state index in [1.54, 1.807) is 18.2 Å². The number of carbonyl (C=O) groups excluding carboxylic acids is 2. The first kappa shape index (κ1) is 19.7. The number of rotatable bonds is 7. The van der Waals surface area contributed by atoms with Gasteiger partial charge >= 0.3 is 5.97 Å². The second kappa shape index (κ2) is 7.95. The van der Waals surface area contributed by atoms with E-state index in [1.807, 2.05) is 26.8 Å². The Kier molecular flexibility index (Phi) is 6.51. The lowest BCUT2D eigenvalue weighted by Gasteiger charge is -2.25. The average Bonchev–Trinajstić information content (AvgIpc) is 2.49. The fourth-order valence-corrected chi connectivity index (χ4v) is 2.04. The minimum Gasteiger partial charge on any atom is -0.481 e. The molecule has 3 N–H and O–H groups in total. The Morgan fingerprint density at radius 1 is 1.21 bits per heavy atom. The van der Waals surface area contributed by atoms with Crippen molar-refractivity contribution in [1.82, 2.24) is 10.6 Å². The quantitative estimate of drug-likeness (QED) is 0.710. The first-order chi connectivity index (χ1) is 11.0. The molecule has 6 nitrogen and oxygen atoms in total. The van der Waals surface area contributed by atoms with Crippen LogP contribution < -0.4 is 10.6 Å². The summed E-state index contributed by atoms with van der Waals surface area (Å²) in [7, 11) is 0. The van der Waals surface area contributed by atoms with E-state index in [4.69, 9.17) is 5.11 Å². The predicted molar refractivity (Wildman–Crippen MR) is 91.7 cm³/mol. The molecule has 0 aliphatic heterocycles. The third kappa shape index (κ3) is 5.37. The zero-order valence-corrected chi connectivity index (χ0v) is 14.8. The van der Waals surface area contributed by atoms with Crippen LogP contribution in [0.15, 0.2) is 24.3 Å². The summed E-state index contributed by atoms with van der Waals surface area (Å²) in [4.78, 5) is 35.8. The summed E-state index contributed by atoms with van der Waals surface area (Å²) in [5.74, 6) is -1.84. The van der Waals surface area contributed by atoms with Crippen LogP contribution in [0.5, 0.6) is 0 Å². The molecule has 2 amide bonds. The largest absolute Gasteiger partial charge is 0.481 e. The van der Waals surface area contributed by atoms with Gasteiger partial charge < -0.3 is 15.7 Å². The smallest absolute Gasteiger partial charge is 0.310 e. The predicted octanol–water partition coefficient (Wildman–Crippen LogP) is 1.98. The van der Waals surface area contributed by atoms with Crippen LogP contribution in [0, 0.1) is 18.3 Å². The molecule has 0 saturated heterocycles. The molecule has 6 heteroatoms. The van der Waals surface area contributed by atoms with E-state index in [1.165, 1.54) is 13.8 Å². The number of hydrogen-bond acceptors (Lipinski definition) is 3. The number of benzene rings is 1. The van der Waals surface area contributed by atoms with Crippen LogP contribution in [0.4, 0.5) is 0 Å². The van der Waals surface area contributed by atoms with Crippen LogP contribution in [0.1, 0.15) is 43.6 Å². The maximum atomic E-state index is 12.4. The Bertz CT molecular complexity index is 623. The van der Waals surface area contributed by atoms with Crippen LogP contribution in [-0.4, -0.2) is 35.5 Å². The highest BCUT2D eigenvalue weighted by Crippen LogP contribution is 2.14. The summed E-state index contributed by atoms with van der Waals surface area (Å²) in [5, 5.41) is 14.4. The number of hydrogen-bond donors (Lipinski definition) is 3. The lowest BCUT2D eigenvalue weighted by molar-refractivity contribution is -0.146. The standard InChI is InChI=1S/C18H26N2O4/c1-11(2)14(16(22)19-10-18(4,5)17(23)24)20-15(21)13-8-6-7-12(3)9-13/h6-9,11,14H,10H2,1-5H3,(H,19,22)(H,20,21)(H,23,24). The lowest BCUT2D eigenvalue weighted by Crippen LogP contribution is -2.52. The maximum Gasteiger partial charge on any atom is 0.310 e. The SMILES string of the molecule is Cc1cccc(C(=O)NC(C(=O)NCC(C)(C)C(=O)O)C(C)C)c1. The first-order valence-electron chi connectivity index (χ1n) is 7.93. The van der Waals surface area contributed by atoms with E-state index in [0.29, 0.717) is 5.56 Å². The summed E-state index contributed by atoms with van der Waals surface area (Å²) < 4.78 is 0. The van der Waals surface area contributed by atoms with Gasteiger partial charge in [0.25, 0.3) is 5.91 Å². The van der Waals surface area contributed by atoms with Gasteiger partial charge in [0.2, 0.25) is 5.91 Å². The van der Waals surface area contributed by atoms with Crippen molar-refractivity contribution in [3.05, 3.63) is 35.4 Å². The van der Waals surface area contributed by atoms with Gasteiger partial charge in [-0.2, -0.15) is 0 Å². The molecule has 0 radical (unpaired) electrons. The molecule has 0 aromatic heterocycles. The fourth-order valence-electron chi connectivity index (χ4n) is 2.04. The van der Waals surface area contributed by atoms with Crippen molar-refractivity contribution >= 4 is 17.8 Å². The van der Waals surface area contributed by atoms with Crippen LogP contribution in [0.2, 0.25) is 0 Å². The van der Waals surface area contributed by atoms with Gasteiger partial charge in [-0.25, -0.2) is 0 Å². The minimum atomic E-state index is -1.07. The van der Waals surface area contributed by atoms with Crippen molar-refractivity contribution in [2.45, 2.75) is 40.7 Å². The summed E-state index contributed by atoms with van der Waals surface area (Å²) in [6.45, 7) is 8.59. The van der Waals surface area contributed by atoms with E-state index in [2.05, 4.69) is 10.6 Å². The van der Waals surface area contributed by atoms with Crippen molar-refractivity contribution < 1.29 is 19.5 Å². The van der Waals surface area contributed by atoms with Crippen LogP contribution in [0.25, 0.3) is 0 Å². The molecular weight excluding hydrogens is 308 g/mol. The van der Waals surface area contributed by atoms with Gasteiger partial charge in [0.1, 0.15) is 6.04 Å². The third-order valence-corrected chi connectivity index (χ3v) is 3.80. The van der Waals surface area contributed by atoms with Gasteiger partial charge in [-0.1, -0.05) is 31.5 Å². The summed E-state index contributed by atoms with van der Waals surface area (Å²) in [6.07, 6.45) is 0. The normalized spacial score (nSPS) is 12.6. The number of nitrogens with one attached hydrogen (secondary N) is 2. The molecule has 0 aliphatic rings. The molecule has 1 aromatic rings. The van der Waals surface area contributed by atoms with E-state index >= 15 is 0 Å². The molecule has 0 heterocycles. The van der Waals surface area contributed by atoms with Gasteiger partial charge in [-0.3, -0.25) is 14.4 Å². The van der Waals surface area contributed by atoms with E-state index in [0.717, 1.165) is 5.56 Å². The summed E-state index contributed by atoms with van der Waals surface area (Å²) >= 11 is 0. The highest BCUT2D eigenvalue weighted by atomic mass is 16.4. The number of amides is 2. The molecule has 1 rings (SSSR count). The van der Waals surface area contributed by atoms with Crippen LogP contribution in [0.3, 0.4) is 0 Å². The number of carbonyl (C=O) groups is 3. The summed E-state index contributed by atoms with van der Waals surface area (Å²) in [5.41, 5.74) is 0.369. The van der Waals surface area contributed by atoms with Gasteiger partial charge in [0, 0.05) is 12.1 Å². The van der Waals surface area contributed by atoms with Crippen molar-refractivity contribution in [3.8, 4) is 0 Å². The zero-order valence-electron chi connectivity index (χ0n) is 14.8. The topological polar surface area (TPSA) is 95.5 Å². The zero-order chi connectivity index (χ0) is 18.5. The second-order valence-electron chi connectivity index (χ2n) is 6.97. The highest BCUT2D eigenvalue weighted by molar-refractivity contribution is 5.97. The molecule has 1 unspecified atom stereocenters. The van der Waals surface area contributed by atoms with Crippen LogP contribution in [-0.2, 0) is 9.59 Å². The molecular formula is C18H26N2O4. The van der Waals surface area contributed by atoms with Gasteiger partial charge in [0.05, 0.1) is 5.41 Å². The Morgan fingerprint density at radius 2 is 1.83 bits per heavy atom. The van der Waals surface area contributed by atoms with Crippen molar-refractivity contribution in [3.63, 3.8) is 0 Å². The Balaban J connectivity index is 2.78. The highest BCUT2D eigenvalue weighted by Gasteiger charge is 2.30. The summed E-state index contributed by atoms with van der Waals surface area (Å²) in [6, 6.07) is 6.37. The Labute approximate surface area is 142 Å². The van der Waals surface area contributed by atoms with Gasteiger partial charge in [-0.15, -0.1) is 0 Å². The number of aryl methyl sites for hydroxylation is 1. The van der Waals surface area contributed by atoms with Crippen molar-refractivity contribution in [2.24, 2.45) is 11.3 Å². The molecule has 0 bridgehead atoms. The van der Waals surface area contributed by atoms with Crippen molar-refractivity contribution in [1.29, 1.82) is 0 Å². The Hall–Kier alpha value is -2.37. The molecule has 132 valence electrons. The van der Waals surface area contributed by atoms with Gasteiger partial charge in [-0.05, 0) is 38.8 Å². The Morgan fingerprint density at radius 3 is 2.33 bits per heavy atom. The molecule has 0 spiro atoms. The fraction of sp³-hybridized carbons (Fsp3) is 0.500. The number of aliphatic carboxylic acids is 1. The number of carboxylic acid groups (broad SMARTS) is 1.